The third kappa shape index (κ3) is 5.17. The Hall–Kier alpha value is -2.66. The molecule has 2 aromatic carbocycles. The second kappa shape index (κ2) is 8.63. The van der Waals surface area contributed by atoms with Crippen LogP contribution in [0.25, 0.3) is 0 Å². The van der Waals surface area contributed by atoms with Crippen LogP contribution < -0.4 is 10.6 Å². The van der Waals surface area contributed by atoms with Crippen LogP contribution in [0, 0.1) is 0 Å². The molecule has 2 amide bonds. The Labute approximate surface area is 154 Å². The Balaban J connectivity index is 1.42. The topological polar surface area (TPSA) is 61.4 Å². The van der Waals surface area contributed by atoms with Crippen molar-refractivity contribution in [3.05, 3.63) is 65.7 Å². The fourth-order valence-corrected chi connectivity index (χ4v) is 3.22. The highest BCUT2D eigenvalue weighted by atomic mass is 16.2. The van der Waals surface area contributed by atoms with E-state index in [0.29, 0.717) is 11.3 Å². The first-order chi connectivity index (χ1) is 12.6. The molecule has 0 saturated carbocycles. The first-order valence-corrected chi connectivity index (χ1v) is 9.05. The Morgan fingerprint density at radius 3 is 2.27 bits per heavy atom. The highest BCUT2D eigenvalue weighted by Crippen LogP contribution is 2.15. The van der Waals surface area contributed by atoms with Crippen molar-refractivity contribution in [2.24, 2.45) is 0 Å². The summed E-state index contributed by atoms with van der Waals surface area (Å²) in [5.41, 5.74) is 2.65. The van der Waals surface area contributed by atoms with Crippen LogP contribution in [0.3, 0.4) is 0 Å². The van der Waals surface area contributed by atoms with E-state index in [1.54, 1.807) is 24.3 Å². The molecule has 0 spiro atoms. The lowest BCUT2D eigenvalue weighted by Gasteiger charge is -2.32. The molecule has 0 bridgehead atoms. The van der Waals surface area contributed by atoms with Crippen molar-refractivity contribution in [2.75, 3.05) is 18.4 Å². The lowest BCUT2D eigenvalue weighted by Crippen LogP contribution is -2.45. The average molecular weight is 351 g/mol. The van der Waals surface area contributed by atoms with Gasteiger partial charge in [0.25, 0.3) is 0 Å². The molecule has 2 aromatic rings. The number of hydrogen-bond donors (Lipinski definition) is 2. The van der Waals surface area contributed by atoms with Crippen LogP contribution in [0.1, 0.15) is 35.7 Å². The molecule has 3 rings (SSSR count). The van der Waals surface area contributed by atoms with E-state index in [0.717, 1.165) is 32.5 Å². The second-order valence-electron chi connectivity index (χ2n) is 6.77. The highest BCUT2D eigenvalue weighted by Gasteiger charge is 2.20. The monoisotopic (exact) mass is 351 g/mol. The van der Waals surface area contributed by atoms with Crippen LogP contribution in [0.5, 0.6) is 0 Å². The fourth-order valence-electron chi connectivity index (χ4n) is 3.22. The number of amides is 2. The first-order valence-electron chi connectivity index (χ1n) is 9.05. The molecule has 1 saturated heterocycles. The summed E-state index contributed by atoms with van der Waals surface area (Å²) < 4.78 is 0. The summed E-state index contributed by atoms with van der Waals surface area (Å²) in [6.45, 7) is 4.45. The van der Waals surface area contributed by atoms with E-state index in [-0.39, 0.29) is 17.9 Å². The van der Waals surface area contributed by atoms with Crippen molar-refractivity contribution < 1.29 is 9.59 Å². The lowest BCUT2D eigenvalue weighted by molar-refractivity contribution is 0.101. The van der Waals surface area contributed by atoms with Crippen LogP contribution in [0.4, 0.5) is 10.5 Å². The van der Waals surface area contributed by atoms with Crippen LogP contribution in [-0.2, 0) is 6.54 Å². The third-order valence-electron chi connectivity index (χ3n) is 4.72. The van der Waals surface area contributed by atoms with Crippen LogP contribution in [-0.4, -0.2) is 35.8 Å². The van der Waals surface area contributed by atoms with Crippen molar-refractivity contribution in [3.63, 3.8) is 0 Å². The van der Waals surface area contributed by atoms with Crippen molar-refractivity contribution in [3.8, 4) is 0 Å². The predicted octanol–water partition coefficient (Wildman–Crippen LogP) is 3.68. The number of rotatable bonds is 5. The van der Waals surface area contributed by atoms with Gasteiger partial charge in [0.05, 0.1) is 0 Å². The molecule has 136 valence electrons. The number of anilines is 1. The van der Waals surface area contributed by atoms with Gasteiger partial charge in [0, 0.05) is 36.9 Å². The normalized spacial score (nSPS) is 15.4. The van der Waals surface area contributed by atoms with Crippen LogP contribution in [0.15, 0.2) is 54.6 Å². The van der Waals surface area contributed by atoms with Gasteiger partial charge in [0.2, 0.25) is 0 Å². The quantitative estimate of drug-likeness (QED) is 0.808. The van der Waals surface area contributed by atoms with Gasteiger partial charge in [-0.2, -0.15) is 0 Å². The standard InChI is InChI=1S/C21H25N3O2/c1-16(25)18-7-9-19(10-8-18)22-21(26)23-20-11-13-24(14-12-20)15-17-5-3-2-4-6-17/h2-10,20H,11-15H2,1H3,(H2,22,23,26). The maximum absolute atomic E-state index is 12.2. The maximum atomic E-state index is 12.2. The van der Waals surface area contributed by atoms with E-state index >= 15 is 0 Å². The van der Waals surface area contributed by atoms with Crippen LogP contribution in [0.2, 0.25) is 0 Å². The SMILES string of the molecule is CC(=O)c1ccc(NC(=O)NC2CCN(Cc3ccccc3)CC2)cc1. The van der Waals surface area contributed by atoms with Crippen molar-refractivity contribution in [1.29, 1.82) is 0 Å². The number of likely N-dealkylation sites (tertiary alicyclic amines) is 1. The number of nitrogens with zero attached hydrogens (tertiary/aromatic N) is 1. The van der Waals surface area contributed by atoms with E-state index < -0.39 is 0 Å². The summed E-state index contributed by atoms with van der Waals surface area (Å²) in [7, 11) is 0. The van der Waals surface area contributed by atoms with E-state index in [1.807, 2.05) is 6.07 Å². The molecule has 0 unspecified atom stereocenters. The van der Waals surface area contributed by atoms with Gasteiger partial charge in [-0.3, -0.25) is 9.69 Å². The fraction of sp³-hybridized carbons (Fsp3) is 0.333. The molecule has 0 atom stereocenters. The Kier molecular flexibility index (Phi) is 6.02. The summed E-state index contributed by atoms with van der Waals surface area (Å²) in [6, 6.07) is 17.4. The maximum Gasteiger partial charge on any atom is 0.319 e. The summed E-state index contributed by atoms with van der Waals surface area (Å²) in [5, 5.41) is 5.88. The van der Waals surface area contributed by atoms with Gasteiger partial charge in [-0.15, -0.1) is 0 Å². The zero-order valence-corrected chi connectivity index (χ0v) is 15.1. The molecule has 2 N–H and O–H groups in total. The van der Waals surface area contributed by atoms with Crippen LogP contribution >= 0.6 is 0 Å². The number of ketones is 1. The zero-order valence-electron chi connectivity index (χ0n) is 15.1. The zero-order chi connectivity index (χ0) is 18.4. The molecule has 26 heavy (non-hydrogen) atoms. The van der Waals surface area contributed by atoms with Crippen molar-refractivity contribution in [2.45, 2.75) is 32.4 Å². The van der Waals surface area contributed by atoms with Gasteiger partial charge in [-0.25, -0.2) is 4.79 Å². The smallest absolute Gasteiger partial charge is 0.319 e. The summed E-state index contributed by atoms with van der Waals surface area (Å²) in [4.78, 5) is 25.9. The molecular weight excluding hydrogens is 326 g/mol. The van der Waals surface area contributed by atoms with E-state index in [1.165, 1.54) is 12.5 Å². The molecule has 1 heterocycles. The molecule has 0 radical (unpaired) electrons. The summed E-state index contributed by atoms with van der Waals surface area (Å²) in [5.74, 6) is 0.0169. The second-order valence-corrected chi connectivity index (χ2v) is 6.77. The number of piperidine rings is 1. The number of nitrogens with one attached hydrogen (secondary N) is 2. The minimum absolute atomic E-state index is 0.0169. The number of carbonyl (C=O) groups is 2. The molecule has 1 aliphatic rings. The van der Waals surface area contributed by atoms with Gasteiger partial charge in [-0.05, 0) is 49.6 Å². The van der Waals surface area contributed by atoms with Gasteiger partial charge in [-0.1, -0.05) is 30.3 Å². The van der Waals surface area contributed by atoms with E-state index in [2.05, 4.69) is 39.8 Å². The van der Waals surface area contributed by atoms with E-state index in [9.17, 15) is 9.59 Å². The molecular formula is C21H25N3O2. The number of hydrogen-bond acceptors (Lipinski definition) is 3. The van der Waals surface area contributed by atoms with E-state index in [4.69, 9.17) is 0 Å². The third-order valence-corrected chi connectivity index (χ3v) is 4.72. The lowest BCUT2D eigenvalue weighted by atomic mass is 10.0. The van der Waals surface area contributed by atoms with Gasteiger partial charge < -0.3 is 10.6 Å². The van der Waals surface area contributed by atoms with Gasteiger partial charge in [0.1, 0.15) is 0 Å². The molecule has 5 heteroatoms. The summed E-state index contributed by atoms with van der Waals surface area (Å²) in [6.07, 6.45) is 1.90. The summed E-state index contributed by atoms with van der Waals surface area (Å²) >= 11 is 0. The molecule has 1 fully saturated rings. The van der Waals surface area contributed by atoms with Crippen molar-refractivity contribution in [1.82, 2.24) is 10.2 Å². The predicted molar refractivity (Wildman–Crippen MR) is 103 cm³/mol. The number of Topliss-reactive ketones (excluding diaryl/α,β-unsaturated/α-hetero) is 1. The molecule has 1 aliphatic heterocycles. The highest BCUT2D eigenvalue weighted by molar-refractivity contribution is 5.95. The Morgan fingerprint density at radius 2 is 1.65 bits per heavy atom. The van der Waals surface area contributed by atoms with Crippen molar-refractivity contribution >= 4 is 17.5 Å². The van der Waals surface area contributed by atoms with Gasteiger partial charge >= 0.3 is 6.03 Å². The molecule has 0 aromatic heterocycles. The molecule has 0 aliphatic carbocycles. The Morgan fingerprint density at radius 1 is 1.00 bits per heavy atom. The first kappa shape index (κ1) is 18.1. The molecule has 5 nitrogen and oxygen atoms in total. The largest absolute Gasteiger partial charge is 0.335 e. The minimum atomic E-state index is -0.193. The minimum Gasteiger partial charge on any atom is -0.335 e. The average Bonchev–Trinajstić information content (AvgIpc) is 2.64. The number of benzene rings is 2. The number of carbonyl (C=O) groups excluding carboxylic acids is 2. The Bertz CT molecular complexity index is 736. The van der Waals surface area contributed by atoms with Gasteiger partial charge in [0.15, 0.2) is 5.78 Å². The number of urea groups is 1.